The van der Waals surface area contributed by atoms with Gasteiger partial charge in [0.05, 0.1) is 27.4 Å². The summed E-state index contributed by atoms with van der Waals surface area (Å²) in [5, 5.41) is 0. The molecule has 0 fully saturated rings. The van der Waals surface area contributed by atoms with E-state index < -0.39 is 11.6 Å². The lowest BCUT2D eigenvalue weighted by Gasteiger charge is -2.23. The Labute approximate surface area is 178 Å². The van der Waals surface area contributed by atoms with Crippen molar-refractivity contribution < 1.29 is 27.8 Å². The zero-order valence-corrected chi connectivity index (χ0v) is 17.2. The summed E-state index contributed by atoms with van der Waals surface area (Å²) in [5.41, 5.74) is 3.64. The van der Waals surface area contributed by atoms with Crippen LogP contribution in [0, 0.1) is 11.6 Å². The number of hydrogen-bond acceptors (Lipinski definition) is 4. The highest BCUT2D eigenvalue weighted by Crippen LogP contribution is 2.35. The van der Waals surface area contributed by atoms with Gasteiger partial charge < -0.3 is 19.1 Å². The van der Waals surface area contributed by atoms with Gasteiger partial charge >= 0.3 is 0 Å². The molecule has 160 valence electrons. The zero-order valence-electron chi connectivity index (χ0n) is 17.2. The van der Waals surface area contributed by atoms with E-state index in [1.807, 2.05) is 36.4 Å². The summed E-state index contributed by atoms with van der Waals surface area (Å²) in [6.45, 7) is 0.175. The number of nitrogens with zero attached hydrogens (tertiary/aromatic N) is 1. The van der Waals surface area contributed by atoms with Crippen molar-refractivity contribution in [3.8, 4) is 22.6 Å². The number of carbonyl (C=O) groups excluding carboxylic acids is 1. The molecule has 0 saturated heterocycles. The molecule has 0 radical (unpaired) electrons. The first-order chi connectivity index (χ1) is 15.0. The lowest BCUT2D eigenvalue weighted by atomic mass is 10.0. The summed E-state index contributed by atoms with van der Waals surface area (Å²) < 4.78 is 43.5. The largest absolute Gasteiger partial charge is 0.493 e. The fourth-order valence-electron chi connectivity index (χ4n) is 3.68. The molecule has 0 aliphatic carbocycles. The number of ether oxygens (including phenoxy) is 3. The number of fused-ring (bicyclic) bond motifs is 1. The molecule has 31 heavy (non-hydrogen) atoms. The van der Waals surface area contributed by atoms with E-state index in [1.165, 1.54) is 17.0 Å². The van der Waals surface area contributed by atoms with Crippen LogP contribution in [0.3, 0.4) is 0 Å². The highest BCUT2D eigenvalue weighted by Gasteiger charge is 2.24. The Kier molecular flexibility index (Phi) is 5.86. The number of methoxy groups -OCH3 is 2. The molecule has 0 saturated carbocycles. The number of anilines is 1. The molecule has 0 bridgehead atoms. The second-order valence-electron chi connectivity index (χ2n) is 7.16. The molecule has 0 N–H and O–H groups in total. The second kappa shape index (κ2) is 8.73. The van der Waals surface area contributed by atoms with E-state index >= 15 is 0 Å². The molecule has 0 unspecified atom stereocenters. The molecule has 1 amide bonds. The number of carbonyl (C=O) groups is 1. The minimum absolute atomic E-state index is 0.0412. The van der Waals surface area contributed by atoms with Gasteiger partial charge in [0, 0.05) is 17.3 Å². The molecule has 5 nitrogen and oxygen atoms in total. The van der Waals surface area contributed by atoms with E-state index in [4.69, 9.17) is 14.2 Å². The third-order valence-electron chi connectivity index (χ3n) is 5.13. The summed E-state index contributed by atoms with van der Waals surface area (Å²) in [6.07, 6.45) is 0. The van der Waals surface area contributed by atoms with Crippen LogP contribution in [-0.4, -0.2) is 26.7 Å². The minimum Gasteiger partial charge on any atom is -0.493 e. The van der Waals surface area contributed by atoms with Gasteiger partial charge in [-0.3, -0.25) is 4.79 Å². The summed E-state index contributed by atoms with van der Waals surface area (Å²) in [5.74, 6) is -0.406. The number of amides is 1. The van der Waals surface area contributed by atoms with Gasteiger partial charge in [-0.15, -0.1) is 0 Å². The van der Waals surface area contributed by atoms with Crippen LogP contribution in [0.25, 0.3) is 11.1 Å². The highest BCUT2D eigenvalue weighted by molar-refractivity contribution is 5.96. The van der Waals surface area contributed by atoms with Crippen LogP contribution in [0.2, 0.25) is 0 Å². The third kappa shape index (κ3) is 4.36. The predicted molar refractivity (Wildman–Crippen MR) is 112 cm³/mol. The van der Waals surface area contributed by atoms with Crippen LogP contribution < -0.4 is 14.4 Å². The van der Waals surface area contributed by atoms with Crippen molar-refractivity contribution in [2.24, 2.45) is 0 Å². The van der Waals surface area contributed by atoms with Crippen molar-refractivity contribution in [3.05, 3.63) is 77.4 Å². The van der Waals surface area contributed by atoms with E-state index in [1.54, 1.807) is 14.2 Å². The predicted octanol–water partition coefficient (Wildman–Crippen LogP) is 4.71. The van der Waals surface area contributed by atoms with Crippen LogP contribution in [0.15, 0.2) is 54.6 Å². The highest BCUT2D eigenvalue weighted by atomic mass is 19.1. The van der Waals surface area contributed by atoms with Crippen molar-refractivity contribution in [1.82, 2.24) is 0 Å². The molecule has 7 heteroatoms. The Balaban J connectivity index is 1.71. The summed E-state index contributed by atoms with van der Waals surface area (Å²) in [7, 11) is 3.15. The van der Waals surface area contributed by atoms with Crippen LogP contribution in [0.5, 0.6) is 11.5 Å². The summed E-state index contributed by atoms with van der Waals surface area (Å²) in [4.78, 5) is 14.1. The quantitative estimate of drug-likeness (QED) is 0.594. The van der Waals surface area contributed by atoms with Crippen LogP contribution in [0.4, 0.5) is 14.5 Å². The molecule has 0 aromatic heterocycles. The fourth-order valence-corrected chi connectivity index (χ4v) is 3.68. The molecular formula is C24H21F2NO4. The van der Waals surface area contributed by atoms with E-state index in [2.05, 4.69) is 0 Å². The summed E-state index contributed by atoms with van der Waals surface area (Å²) >= 11 is 0. The Hall–Kier alpha value is -3.45. The molecule has 3 aromatic rings. The van der Waals surface area contributed by atoms with Crippen molar-refractivity contribution in [2.45, 2.75) is 13.2 Å². The van der Waals surface area contributed by atoms with Crippen molar-refractivity contribution in [1.29, 1.82) is 0 Å². The Morgan fingerprint density at radius 2 is 1.55 bits per heavy atom. The Morgan fingerprint density at radius 3 is 2.26 bits per heavy atom. The molecular weight excluding hydrogens is 404 g/mol. The monoisotopic (exact) mass is 425 g/mol. The second-order valence-corrected chi connectivity index (χ2v) is 7.16. The maximum atomic E-state index is 13.6. The van der Waals surface area contributed by atoms with Crippen LogP contribution in [0.1, 0.15) is 11.1 Å². The number of rotatable bonds is 5. The van der Waals surface area contributed by atoms with E-state index in [9.17, 15) is 13.6 Å². The first-order valence-electron chi connectivity index (χ1n) is 9.67. The number of benzene rings is 3. The van der Waals surface area contributed by atoms with E-state index in [0.717, 1.165) is 22.8 Å². The van der Waals surface area contributed by atoms with Gasteiger partial charge in [0.2, 0.25) is 0 Å². The standard InChI is InChI=1S/C24H21F2NO4/c1-29-22-6-4-17(10-23(22)30-2)16-3-5-21-18(9-16)13-31-14-24(28)27(21)12-15-7-19(25)11-20(26)8-15/h3-11H,12-14H2,1-2H3. The average Bonchev–Trinajstić information content (AvgIpc) is 2.90. The molecule has 4 rings (SSSR count). The van der Waals surface area contributed by atoms with Gasteiger partial charge in [-0.05, 0) is 53.1 Å². The van der Waals surface area contributed by atoms with E-state index in [-0.39, 0.29) is 25.7 Å². The molecule has 1 aliphatic heterocycles. The normalized spacial score (nSPS) is 13.5. The van der Waals surface area contributed by atoms with Gasteiger partial charge in [-0.25, -0.2) is 8.78 Å². The fraction of sp³-hybridized carbons (Fsp3) is 0.208. The van der Waals surface area contributed by atoms with Crippen molar-refractivity contribution in [3.63, 3.8) is 0 Å². The number of hydrogen-bond donors (Lipinski definition) is 0. The third-order valence-corrected chi connectivity index (χ3v) is 5.13. The molecule has 0 atom stereocenters. The smallest absolute Gasteiger partial charge is 0.253 e. The maximum Gasteiger partial charge on any atom is 0.253 e. The average molecular weight is 425 g/mol. The van der Waals surface area contributed by atoms with E-state index in [0.29, 0.717) is 22.7 Å². The molecule has 1 heterocycles. The van der Waals surface area contributed by atoms with Crippen molar-refractivity contribution >= 4 is 11.6 Å². The van der Waals surface area contributed by atoms with Gasteiger partial charge in [0.25, 0.3) is 5.91 Å². The lowest BCUT2D eigenvalue weighted by molar-refractivity contribution is -0.123. The first-order valence-corrected chi connectivity index (χ1v) is 9.67. The van der Waals surface area contributed by atoms with Crippen LogP contribution in [-0.2, 0) is 22.7 Å². The molecule has 3 aromatic carbocycles. The Bertz CT molecular complexity index is 1110. The molecule has 0 spiro atoms. The topological polar surface area (TPSA) is 48.0 Å². The maximum absolute atomic E-state index is 13.6. The summed E-state index contributed by atoms with van der Waals surface area (Å²) in [6, 6.07) is 14.5. The first kappa shape index (κ1) is 20.8. The minimum atomic E-state index is -0.683. The SMILES string of the molecule is COc1ccc(-c2ccc3c(c2)COCC(=O)N3Cc2cc(F)cc(F)c2)cc1OC. The van der Waals surface area contributed by atoms with Gasteiger partial charge in [0.1, 0.15) is 18.2 Å². The lowest BCUT2D eigenvalue weighted by Crippen LogP contribution is -2.32. The van der Waals surface area contributed by atoms with Crippen LogP contribution >= 0.6 is 0 Å². The van der Waals surface area contributed by atoms with Gasteiger partial charge in [0.15, 0.2) is 11.5 Å². The number of halogens is 2. The zero-order chi connectivity index (χ0) is 22.0. The van der Waals surface area contributed by atoms with Gasteiger partial charge in [-0.1, -0.05) is 12.1 Å². The van der Waals surface area contributed by atoms with Crippen molar-refractivity contribution in [2.75, 3.05) is 25.7 Å². The van der Waals surface area contributed by atoms with Gasteiger partial charge in [-0.2, -0.15) is 0 Å². The Morgan fingerprint density at radius 1 is 0.871 bits per heavy atom. The molecule has 1 aliphatic rings.